The van der Waals surface area contributed by atoms with Gasteiger partial charge in [0.25, 0.3) is 5.56 Å². The van der Waals surface area contributed by atoms with Crippen LogP contribution in [-0.4, -0.2) is 31.4 Å². The number of allylic oxidation sites excluding steroid dienone is 1. The van der Waals surface area contributed by atoms with Crippen molar-refractivity contribution in [2.45, 2.75) is 19.9 Å². The summed E-state index contributed by atoms with van der Waals surface area (Å²) in [5, 5.41) is 3.16. The molecular formula is C25H24BrN3O5S. The van der Waals surface area contributed by atoms with E-state index < -0.39 is 12.0 Å². The number of fused-ring (bicyclic) bond motifs is 1. The van der Waals surface area contributed by atoms with Gasteiger partial charge in [-0.2, -0.15) is 0 Å². The highest BCUT2D eigenvalue weighted by Gasteiger charge is 2.33. The van der Waals surface area contributed by atoms with Gasteiger partial charge >= 0.3 is 5.97 Å². The molecule has 1 N–H and O–H groups in total. The van der Waals surface area contributed by atoms with Crippen LogP contribution in [0.25, 0.3) is 6.20 Å². The van der Waals surface area contributed by atoms with Crippen LogP contribution >= 0.6 is 27.3 Å². The van der Waals surface area contributed by atoms with Crippen molar-refractivity contribution in [3.05, 3.63) is 83.5 Å². The number of thiazole rings is 1. The Morgan fingerprint density at radius 2 is 1.89 bits per heavy atom. The lowest BCUT2D eigenvalue weighted by molar-refractivity contribution is -0.139. The molecule has 1 aliphatic rings. The van der Waals surface area contributed by atoms with E-state index in [-0.39, 0.29) is 12.2 Å². The number of ether oxygens (including phenoxy) is 3. The fourth-order valence-corrected chi connectivity index (χ4v) is 5.06. The summed E-state index contributed by atoms with van der Waals surface area (Å²) in [6, 6.07) is 12.2. The predicted octanol–water partition coefficient (Wildman–Crippen LogP) is 3.60. The molecule has 2 heterocycles. The number of hydrogen-bond acceptors (Lipinski definition) is 8. The topological polar surface area (TPSA) is 91.2 Å². The maximum Gasteiger partial charge on any atom is 0.338 e. The molecule has 1 atom stereocenters. The number of carbonyl (C=O) groups is 1. The number of rotatable bonds is 7. The molecule has 4 rings (SSSR count). The molecule has 0 aliphatic carbocycles. The van der Waals surface area contributed by atoms with Crippen LogP contribution in [0.3, 0.4) is 0 Å². The van der Waals surface area contributed by atoms with E-state index in [1.165, 1.54) is 23.0 Å². The van der Waals surface area contributed by atoms with Gasteiger partial charge < -0.3 is 19.5 Å². The molecule has 0 bridgehead atoms. The molecule has 0 radical (unpaired) electrons. The molecular weight excluding hydrogens is 534 g/mol. The number of nitrogens with one attached hydrogen (secondary N) is 1. The standard InChI is InChI=1S/C25H24BrN3O5S/c1-5-34-24(31)21-14(2)28-25-29(22(21)15-6-11-18(32-3)19(12-15)33-4)23(30)20(35-25)13-27-17-9-7-16(26)8-10-17/h6-13,22,27H,5H2,1-4H3/b20-13-/t22-/m1/s1. The van der Waals surface area contributed by atoms with Crippen molar-refractivity contribution in [1.29, 1.82) is 0 Å². The van der Waals surface area contributed by atoms with E-state index in [9.17, 15) is 9.59 Å². The predicted molar refractivity (Wildman–Crippen MR) is 139 cm³/mol. The van der Waals surface area contributed by atoms with E-state index in [0.29, 0.717) is 37.7 Å². The molecule has 2 aromatic carbocycles. The Labute approximate surface area is 214 Å². The molecule has 0 amide bonds. The summed E-state index contributed by atoms with van der Waals surface area (Å²) in [6.07, 6.45) is 1.65. The molecule has 1 aliphatic heterocycles. The first kappa shape index (κ1) is 24.7. The summed E-state index contributed by atoms with van der Waals surface area (Å²) in [7, 11) is 3.08. The Balaban J connectivity index is 1.88. The molecule has 3 aromatic rings. The maximum atomic E-state index is 13.6. The average Bonchev–Trinajstić information content (AvgIpc) is 3.17. The van der Waals surface area contributed by atoms with Crippen molar-refractivity contribution in [1.82, 2.24) is 4.57 Å². The summed E-state index contributed by atoms with van der Waals surface area (Å²) in [4.78, 5) is 31.7. The summed E-state index contributed by atoms with van der Waals surface area (Å²) in [5.41, 5.74) is 2.04. The zero-order chi connectivity index (χ0) is 25.1. The molecule has 0 spiro atoms. The van der Waals surface area contributed by atoms with Crippen LogP contribution in [0.5, 0.6) is 11.5 Å². The first-order valence-corrected chi connectivity index (χ1v) is 12.4. The largest absolute Gasteiger partial charge is 0.493 e. The van der Waals surface area contributed by atoms with Gasteiger partial charge in [0.1, 0.15) is 4.53 Å². The molecule has 35 heavy (non-hydrogen) atoms. The third kappa shape index (κ3) is 4.89. The normalized spacial score (nSPS) is 15.3. The number of anilines is 1. The monoisotopic (exact) mass is 557 g/mol. The van der Waals surface area contributed by atoms with Crippen LogP contribution in [0, 0.1) is 0 Å². The van der Waals surface area contributed by atoms with E-state index in [1.807, 2.05) is 24.3 Å². The molecule has 8 nitrogen and oxygen atoms in total. The third-order valence-corrected chi connectivity index (χ3v) is 6.97. The molecule has 0 saturated carbocycles. The molecule has 0 saturated heterocycles. The smallest absolute Gasteiger partial charge is 0.338 e. The Morgan fingerprint density at radius 1 is 1.17 bits per heavy atom. The van der Waals surface area contributed by atoms with Crippen molar-refractivity contribution in [2.75, 3.05) is 26.1 Å². The van der Waals surface area contributed by atoms with Gasteiger partial charge in [-0.05, 0) is 55.8 Å². The number of esters is 1. The van der Waals surface area contributed by atoms with Crippen LogP contribution in [0.15, 0.2) is 68.0 Å². The summed E-state index contributed by atoms with van der Waals surface area (Å²) >= 11 is 4.66. The van der Waals surface area contributed by atoms with Crippen LogP contribution in [0.4, 0.5) is 5.69 Å². The molecule has 0 unspecified atom stereocenters. The summed E-state index contributed by atoms with van der Waals surface area (Å²) < 4.78 is 19.1. The Morgan fingerprint density at radius 3 is 2.54 bits per heavy atom. The highest BCUT2D eigenvalue weighted by atomic mass is 79.9. The van der Waals surface area contributed by atoms with Crippen LogP contribution in [-0.2, 0) is 9.53 Å². The second-order valence-electron chi connectivity index (χ2n) is 7.57. The van der Waals surface area contributed by atoms with Crippen molar-refractivity contribution < 1.29 is 19.0 Å². The van der Waals surface area contributed by atoms with Crippen molar-refractivity contribution >= 4 is 45.1 Å². The second-order valence-corrected chi connectivity index (χ2v) is 9.49. The minimum Gasteiger partial charge on any atom is -0.493 e. The fourth-order valence-electron chi connectivity index (χ4n) is 3.82. The van der Waals surface area contributed by atoms with E-state index >= 15 is 0 Å². The van der Waals surface area contributed by atoms with E-state index in [2.05, 4.69) is 26.2 Å². The third-order valence-electron chi connectivity index (χ3n) is 5.45. The molecule has 1 aromatic heterocycles. The quantitative estimate of drug-likeness (QED) is 0.446. The zero-order valence-electron chi connectivity index (χ0n) is 19.6. The summed E-state index contributed by atoms with van der Waals surface area (Å²) in [5.74, 6) is 0.512. The lowest BCUT2D eigenvalue weighted by Crippen LogP contribution is -2.40. The van der Waals surface area contributed by atoms with Gasteiger partial charge in [0, 0.05) is 16.4 Å². The number of aromatic nitrogens is 1. The van der Waals surface area contributed by atoms with Crippen molar-refractivity contribution in [2.24, 2.45) is 4.99 Å². The zero-order valence-corrected chi connectivity index (χ0v) is 22.0. The van der Waals surface area contributed by atoms with Gasteiger partial charge in [0.15, 0.2) is 16.3 Å². The van der Waals surface area contributed by atoms with Crippen LogP contribution < -0.4 is 29.7 Å². The molecule has 182 valence electrons. The molecule has 0 fully saturated rings. The van der Waals surface area contributed by atoms with Crippen molar-refractivity contribution in [3.63, 3.8) is 0 Å². The SMILES string of the molecule is CCOC(=O)C1=C(C)N=c2s/c(=C\Nc3ccc(Br)cc3)c(=O)n2[C@@H]1c1ccc(OC)c(OC)c1. The number of carbonyl (C=O) groups excluding carboxylic acids is 1. The van der Waals surface area contributed by atoms with Gasteiger partial charge in [-0.3, -0.25) is 9.36 Å². The lowest BCUT2D eigenvalue weighted by Gasteiger charge is -2.25. The van der Waals surface area contributed by atoms with E-state index in [4.69, 9.17) is 14.2 Å². The van der Waals surface area contributed by atoms with Gasteiger partial charge in [-0.25, -0.2) is 9.79 Å². The lowest BCUT2D eigenvalue weighted by atomic mass is 9.95. The van der Waals surface area contributed by atoms with Crippen LogP contribution in [0.2, 0.25) is 0 Å². The highest BCUT2D eigenvalue weighted by molar-refractivity contribution is 9.10. The Hall–Kier alpha value is -3.37. The second kappa shape index (κ2) is 10.5. The molecule has 10 heteroatoms. The Kier molecular flexibility index (Phi) is 7.42. The van der Waals surface area contributed by atoms with Crippen LogP contribution in [0.1, 0.15) is 25.5 Å². The van der Waals surface area contributed by atoms with Gasteiger partial charge in [-0.15, -0.1) is 0 Å². The first-order valence-electron chi connectivity index (χ1n) is 10.8. The number of benzene rings is 2. The number of nitrogens with zero attached hydrogens (tertiary/aromatic N) is 2. The van der Waals surface area contributed by atoms with E-state index in [1.54, 1.807) is 45.4 Å². The average molecular weight is 558 g/mol. The maximum absolute atomic E-state index is 13.6. The van der Waals surface area contributed by atoms with Gasteiger partial charge in [0.05, 0.1) is 38.1 Å². The van der Waals surface area contributed by atoms with Gasteiger partial charge in [0.2, 0.25) is 0 Å². The summed E-state index contributed by atoms with van der Waals surface area (Å²) in [6.45, 7) is 3.69. The van der Waals surface area contributed by atoms with E-state index in [0.717, 1.165) is 10.2 Å². The number of hydrogen-bond donors (Lipinski definition) is 1. The van der Waals surface area contributed by atoms with Gasteiger partial charge in [-0.1, -0.05) is 33.3 Å². The Bertz CT molecular complexity index is 1470. The highest BCUT2D eigenvalue weighted by Crippen LogP contribution is 2.36. The minimum atomic E-state index is -0.736. The minimum absolute atomic E-state index is 0.204. The van der Waals surface area contributed by atoms with Crippen molar-refractivity contribution in [3.8, 4) is 11.5 Å². The number of halogens is 1. The fraction of sp³-hybridized carbons (Fsp3) is 0.240. The first-order chi connectivity index (χ1) is 16.9. The number of methoxy groups -OCH3 is 2.